The minimum absolute atomic E-state index is 0.138. The number of sulfonamides is 1. The number of hydrogen-bond acceptors (Lipinski definition) is 7. The molecular formula is C28H29N3O6S. The number of carbonyl (C=O) groups is 1. The summed E-state index contributed by atoms with van der Waals surface area (Å²) >= 11 is 0. The van der Waals surface area contributed by atoms with Crippen LogP contribution in [-0.2, 0) is 24.3 Å². The van der Waals surface area contributed by atoms with Crippen LogP contribution in [0.15, 0.2) is 71.6 Å². The van der Waals surface area contributed by atoms with Crippen molar-refractivity contribution in [3.8, 4) is 11.5 Å². The summed E-state index contributed by atoms with van der Waals surface area (Å²) in [4.78, 5) is 16.3. The van der Waals surface area contributed by atoms with Crippen LogP contribution >= 0.6 is 0 Å². The molecule has 9 nitrogen and oxygen atoms in total. The Morgan fingerprint density at radius 3 is 2.00 bits per heavy atom. The molecule has 10 heteroatoms. The summed E-state index contributed by atoms with van der Waals surface area (Å²) < 4.78 is 45.2. The average Bonchev–Trinajstić information content (AvgIpc) is 2.96. The Kier molecular flexibility index (Phi) is 6.79. The van der Waals surface area contributed by atoms with E-state index in [1.54, 1.807) is 18.2 Å². The maximum atomic E-state index is 14.0. The van der Waals surface area contributed by atoms with Crippen LogP contribution in [0.2, 0.25) is 0 Å². The van der Waals surface area contributed by atoms with Gasteiger partial charge in [-0.05, 0) is 30.3 Å². The summed E-state index contributed by atoms with van der Waals surface area (Å²) in [7, 11) is -3.75. The van der Waals surface area contributed by atoms with E-state index >= 15 is 0 Å². The molecule has 3 aromatic carbocycles. The Labute approximate surface area is 222 Å². The van der Waals surface area contributed by atoms with E-state index in [9.17, 15) is 13.2 Å². The average molecular weight is 536 g/mol. The van der Waals surface area contributed by atoms with Gasteiger partial charge >= 0.3 is 0 Å². The van der Waals surface area contributed by atoms with Crippen LogP contribution in [0.1, 0.15) is 17.0 Å². The standard InChI is InChI=1S/C28H29N3O6S/c32-28(27-21-5-1-3-7-25(21)37-26-8-4-2-6-22(26)27)29-23-19-20(38(33,34)31-13-17-36-18-14-31)9-10-24(23)30-11-15-35-16-12-30/h1-10,19,27H,11-18H2,(H,29,32). The minimum Gasteiger partial charge on any atom is -0.457 e. The van der Waals surface area contributed by atoms with E-state index in [0.717, 1.165) is 16.8 Å². The molecule has 3 aliphatic heterocycles. The van der Waals surface area contributed by atoms with Crippen molar-refractivity contribution in [1.82, 2.24) is 4.31 Å². The van der Waals surface area contributed by atoms with E-state index < -0.39 is 15.9 Å². The van der Waals surface area contributed by atoms with E-state index in [-0.39, 0.29) is 10.8 Å². The Hall–Kier alpha value is -3.44. The fourth-order valence-corrected chi connectivity index (χ4v) is 6.62. The maximum Gasteiger partial charge on any atom is 0.243 e. The molecule has 6 rings (SSSR count). The Balaban J connectivity index is 1.39. The molecule has 38 heavy (non-hydrogen) atoms. The fourth-order valence-electron chi connectivity index (χ4n) is 5.19. The molecule has 0 saturated carbocycles. The molecule has 1 amide bonds. The van der Waals surface area contributed by atoms with Gasteiger partial charge in [0, 0.05) is 37.3 Å². The van der Waals surface area contributed by atoms with E-state index in [1.807, 2.05) is 48.5 Å². The summed E-state index contributed by atoms with van der Waals surface area (Å²) in [5, 5.41) is 3.09. The lowest BCUT2D eigenvalue weighted by Gasteiger charge is -2.32. The lowest BCUT2D eigenvalue weighted by Crippen LogP contribution is -2.40. The van der Waals surface area contributed by atoms with Crippen LogP contribution in [0.5, 0.6) is 11.5 Å². The number of fused-ring (bicyclic) bond motifs is 2. The van der Waals surface area contributed by atoms with Gasteiger partial charge in [-0.3, -0.25) is 4.79 Å². The van der Waals surface area contributed by atoms with Crippen molar-refractivity contribution in [2.24, 2.45) is 0 Å². The number of hydrogen-bond donors (Lipinski definition) is 1. The molecule has 0 aromatic heterocycles. The second kappa shape index (κ2) is 10.4. The largest absolute Gasteiger partial charge is 0.457 e. The highest BCUT2D eigenvalue weighted by atomic mass is 32.2. The first-order valence-corrected chi connectivity index (χ1v) is 14.2. The zero-order valence-corrected chi connectivity index (χ0v) is 21.7. The normalized spacial score (nSPS) is 18.3. The number of anilines is 2. The van der Waals surface area contributed by atoms with Gasteiger partial charge in [0.1, 0.15) is 11.5 Å². The molecule has 0 bridgehead atoms. The highest BCUT2D eigenvalue weighted by Crippen LogP contribution is 2.44. The predicted octanol–water partition coefficient (Wildman–Crippen LogP) is 3.42. The van der Waals surface area contributed by atoms with Crippen LogP contribution < -0.4 is 15.0 Å². The third-order valence-electron chi connectivity index (χ3n) is 7.13. The molecule has 0 radical (unpaired) electrons. The molecule has 0 aliphatic carbocycles. The molecule has 2 fully saturated rings. The van der Waals surface area contributed by atoms with E-state index in [0.29, 0.717) is 69.8 Å². The number of para-hydroxylation sites is 2. The maximum absolute atomic E-state index is 14.0. The van der Waals surface area contributed by atoms with Crippen molar-refractivity contribution >= 4 is 27.3 Å². The Morgan fingerprint density at radius 1 is 0.789 bits per heavy atom. The molecule has 3 aliphatic rings. The van der Waals surface area contributed by atoms with Gasteiger partial charge in [0.05, 0.1) is 48.6 Å². The van der Waals surface area contributed by atoms with Crippen molar-refractivity contribution in [1.29, 1.82) is 0 Å². The van der Waals surface area contributed by atoms with Crippen LogP contribution in [0.4, 0.5) is 11.4 Å². The zero-order chi connectivity index (χ0) is 26.1. The van der Waals surface area contributed by atoms with Crippen LogP contribution in [-0.4, -0.2) is 71.2 Å². The number of nitrogens with zero attached hydrogens (tertiary/aromatic N) is 2. The summed E-state index contributed by atoms with van der Waals surface area (Å²) in [5.41, 5.74) is 2.73. The predicted molar refractivity (Wildman–Crippen MR) is 142 cm³/mol. The number of nitrogens with one attached hydrogen (secondary N) is 1. The minimum atomic E-state index is -3.75. The molecule has 2 saturated heterocycles. The first kappa shape index (κ1) is 24.9. The summed E-state index contributed by atoms with van der Waals surface area (Å²) in [6, 6.07) is 19.9. The van der Waals surface area contributed by atoms with Crippen molar-refractivity contribution in [3.05, 3.63) is 77.9 Å². The molecule has 3 aromatic rings. The van der Waals surface area contributed by atoms with Gasteiger partial charge in [0.15, 0.2) is 0 Å². The van der Waals surface area contributed by atoms with Gasteiger partial charge in [0.2, 0.25) is 15.9 Å². The first-order chi connectivity index (χ1) is 18.5. The first-order valence-electron chi connectivity index (χ1n) is 12.7. The molecular weight excluding hydrogens is 506 g/mol. The van der Waals surface area contributed by atoms with Crippen molar-refractivity contribution in [2.45, 2.75) is 10.8 Å². The third kappa shape index (κ3) is 4.64. The van der Waals surface area contributed by atoms with E-state index in [4.69, 9.17) is 14.2 Å². The molecule has 198 valence electrons. The number of morpholine rings is 2. The monoisotopic (exact) mass is 535 g/mol. The van der Waals surface area contributed by atoms with Crippen LogP contribution in [0.3, 0.4) is 0 Å². The second-order valence-corrected chi connectivity index (χ2v) is 11.3. The number of rotatable bonds is 5. The Bertz CT molecular complexity index is 1400. The third-order valence-corrected chi connectivity index (χ3v) is 9.02. The van der Waals surface area contributed by atoms with Gasteiger partial charge in [0.25, 0.3) is 0 Å². The molecule has 0 atom stereocenters. The van der Waals surface area contributed by atoms with Gasteiger partial charge in [-0.2, -0.15) is 4.31 Å². The van der Waals surface area contributed by atoms with E-state index in [1.165, 1.54) is 4.31 Å². The van der Waals surface area contributed by atoms with Crippen molar-refractivity contribution < 1.29 is 27.4 Å². The van der Waals surface area contributed by atoms with Gasteiger partial charge in [-0.15, -0.1) is 0 Å². The lowest BCUT2D eigenvalue weighted by molar-refractivity contribution is -0.116. The van der Waals surface area contributed by atoms with Crippen molar-refractivity contribution in [2.75, 3.05) is 62.8 Å². The summed E-state index contributed by atoms with van der Waals surface area (Å²) in [6.07, 6.45) is 0. The quantitative estimate of drug-likeness (QED) is 0.535. The smallest absolute Gasteiger partial charge is 0.243 e. The highest BCUT2D eigenvalue weighted by Gasteiger charge is 2.34. The molecule has 0 unspecified atom stereocenters. The van der Waals surface area contributed by atoms with Crippen molar-refractivity contribution in [3.63, 3.8) is 0 Å². The molecule has 1 N–H and O–H groups in total. The number of carbonyl (C=O) groups excluding carboxylic acids is 1. The fraction of sp³-hybridized carbons (Fsp3) is 0.321. The van der Waals surface area contributed by atoms with E-state index in [2.05, 4.69) is 10.2 Å². The highest BCUT2D eigenvalue weighted by molar-refractivity contribution is 7.89. The summed E-state index contributed by atoms with van der Waals surface area (Å²) in [5.74, 6) is 0.378. The zero-order valence-electron chi connectivity index (χ0n) is 20.8. The van der Waals surface area contributed by atoms with Gasteiger partial charge < -0.3 is 24.4 Å². The van der Waals surface area contributed by atoms with Crippen LogP contribution in [0.25, 0.3) is 0 Å². The summed E-state index contributed by atoms with van der Waals surface area (Å²) in [6.45, 7) is 3.71. The topological polar surface area (TPSA) is 97.4 Å². The molecule has 0 spiro atoms. The SMILES string of the molecule is O=C(Nc1cc(S(=O)(=O)N2CCOCC2)ccc1N1CCOCC1)C1c2ccccc2Oc2ccccc21. The second-order valence-electron chi connectivity index (χ2n) is 9.39. The number of ether oxygens (including phenoxy) is 3. The number of benzene rings is 3. The van der Waals surface area contributed by atoms with Crippen LogP contribution in [0, 0.1) is 0 Å². The number of amides is 1. The Morgan fingerprint density at radius 2 is 1.37 bits per heavy atom. The molecule has 3 heterocycles. The van der Waals surface area contributed by atoms with Gasteiger partial charge in [-0.25, -0.2) is 8.42 Å². The lowest BCUT2D eigenvalue weighted by atomic mass is 9.87. The van der Waals surface area contributed by atoms with Gasteiger partial charge in [-0.1, -0.05) is 36.4 Å².